The lowest BCUT2D eigenvalue weighted by molar-refractivity contribution is 1.31. The van der Waals surface area contributed by atoms with Gasteiger partial charge in [-0.2, -0.15) is 0 Å². The Morgan fingerprint density at radius 3 is 2.44 bits per heavy atom. The maximum absolute atomic E-state index is 4.63. The normalized spacial score (nSPS) is 10.5. The van der Waals surface area contributed by atoms with E-state index in [1.807, 2.05) is 30.5 Å². The van der Waals surface area contributed by atoms with E-state index in [2.05, 4.69) is 62.9 Å². The molecule has 3 aromatic rings. The number of halogens is 1. The molecular weight excluding hydrogens is 335 g/mol. The van der Waals surface area contributed by atoms with Crippen LogP contribution in [0, 0.1) is 3.57 Å². The average molecular weight is 346 g/mol. The summed E-state index contributed by atoms with van der Waals surface area (Å²) in [5.41, 5.74) is 3.22. The van der Waals surface area contributed by atoms with Crippen LogP contribution in [-0.4, -0.2) is 9.97 Å². The maximum Gasteiger partial charge on any atom is 0.138 e. The third-order valence-electron chi connectivity index (χ3n) is 2.75. The van der Waals surface area contributed by atoms with E-state index in [4.69, 9.17) is 0 Å². The minimum Gasteiger partial charge on any atom is -0.344 e. The summed E-state index contributed by atoms with van der Waals surface area (Å²) in [5, 5.41) is 0. The van der Waals surface area contributed by atoms with E-state index < -0.39 is 0 Å². The molecule has 0 saturated heterocycles. The number of nitrogens with one attached hydrogen (secondary N) is 1. The van der Waals surface area contributed by atoms with Crippen molar-refractivity contribution in [1.82, 2.24) is 9.97 Å². The van der Waals surface area contributed by atoms with Crippen molar-refractivity contribution in [1.29, 1.82) is 0 Å². The fourth-order valence-electron chi connectivity index (χ4n) is 1.86. The number of aromatic amines is 1. The third kappa shape index (κ3) is 2.31. The number of hydrogen-bond acceptors (Lipinski definition) is 1. The first-order chi connectivity index (χ1) is 8.83. The van der Waals surface area contributed by atoms with Crippen LogP contribution in [-0.2, 0) is 0 Å². The molecule has 0 aliphatic rings. The number of H-pyrrole nitrogens is 1. The second-order valence-electron chi connectivity index (χ2n) is 4.01. The molecule has 18 heavy (non-hydrogen) atoms. The van der Waals surface area contributed by atoms with Gasteiger partial charge >= 0.3 is 0 Å². The summed E-state index contributed by atoms with van der Waals surface area (Å²) >= 11 is 2.31. The highest BCUT2D eigenvalue weighted by Gasteiger charge is 2.05. The number of benzene rings is 2. The Hall–Kier alpha value is -1.62. The van der Waals surface area contributed by atoms with Crippen LogP contribution in [0.3, 0.4) is 0 Å². The van der Waals surface area contributed by atoms with Crippen molar-refractivity contribution in [2.75, 3.05) is 0 Å². The number of nitrogens with zero attached hydrogens (tertiary/aromatic N) is 1. The van der Waals surface area contributed by atoms with E-state index in [9.17, 15) is 0 Å². The molecule has 3 rings (SSSR count). The minimum atomic E-state index is 0.907. The van der Waals surface area contributed by atoms with E-state index in [0.717, 1.165) is 22.6 Å². The molecule has 0 bridgehead atoms. The lowest BCUT2D eigenvalue weighted by Crippen LogP contribution is -1.81. The fraction of sp³-hybridized carbons (Fsp3) is 0. The summed E-state index contributed by atoms with van der Waals surface area (Å²) in [6.07, 6.45) is 1.95. The highest BCUT2D eigenvalue weighted by molar-refractivity contribution is 14.1. The van der Waals surface area contributed by atoms with E-state index >= 15 is 0 Å². The largest absolute Gasteiger partial charge is 0.344 e. The molecule has 0 saturated carbocycles. The molecule has 0 atom stereocenters. The van der Waals surface area contributed by atoms with Crippen molar-refractivity contribution < 1.29 is 0 Å². The van der Waals surface area contributed by atoms with Gasteiger partial charge in [-0.15, -0.1) is 0 Å². The number of rotatable bonds is 2. The molecule has 0 aliphatic heterocycles. The Morgan fingerprint density at radius 1 is 0.889 bits per heavy atom. The first kappa shape index (κ1) is 11.5. The van der Waals surface area contributed by atoms with Crippen molar-refractivity contribution in [2.24, 2.45) is 0 Å². The van der Waals surface area contributed by atoms with Crippen molar-refractivity contribution in [3.05, 3.63) is 64.4 Å². The quantitative estimate of drug-likeness (QED) is 0.687. The van der Waals surface area contributed by atoms with Gasteiger partial charge < -0.3 is 4.98 Å². The van der Waals surface area contributed by atoms with Crippen molar-refractivity contribution in [2.45, 2.75) is 0 Å². The molecule has 1 aromatic heterocycles. The van der Waals surface area contributed by atoms with Crippen LogP contribution in [0.5, 0.6) is 0 Å². The van der Waals surface area contributed by atoms with E-state index in [0.29, 0.717) is 0 Å². The molecule has 0 unspecified atom stereocenters. The second kappa shape index (κ2) is 4.94. The molecule has 0 spiro atoms. The number of imidazole rings is 1. The number of aromatic nitrogens is 2. The van der Waals surface area contributed by atoms with Crippen LogP contribution < -0.4 is 0 Å². The van der Waals surface area contributed by atoms with Crippen LogP contribution in [0.15, 0.2) is 60.8 Å². The predicted molar refractivity (Wildman–Crippen MR) is 82.2 cm³/mol. The first-order valence-corrected chi connectivity index (χ1v) is 6.77. The summed E-state index contributed by atoms with van der Waals surface area (Å²) < 4.78 is 1.22. The van der Waals surface area contributed by atoms with Crippen molar-refractivity contribution in [3.63, 3.8) is 0 Å². The van der Waals surface area contributed by atoms with Gasteiger partial charge in [0, 0.05) is 20.9 Å². The third-order valence-corrected chi connectivity index (χ3v) is 3.42. The molecule has 1 N–H and O–H groups in total. The van der Waals surface area contributed by atoms with Gasteiger partial charge in [0.05, 0.1) is 5.69 Å². The Balaban J connectivity index is 2.00. The highest BCUT2D eigenvalue weighted by atomic mass is 127. The molecule has 0 amide bonds. The molecule has 0 aliphatic carbocycles. The Kier molecular flexibility index (Phi) is 3.15. The van der Waals surface area contributed by atoms with E-state index in [1.54, 1.807) is 0 Å². The summed E-state index contributed by atoms with van der Waals surface area (Å²) in [7, 11) is 0. The molecule has 0 radical (unpaired) electrons. The van der Waals surface area contributed by atoms with Gasteiger partial charge in [0.15, 0.2) is 0 Å². The van der Waals surface area contributed by atoms with Crippen molar-refractivity contribution >= 4 is 22.6 Å². The molecule has 88 valence electrons. The lowest BCUT2D eigenvalue weighted by Gasteiger charge is -1.97. The zero-order valence-corrected chi connectivity index (χ0v) is 11.8. The van der Waals surface area contributed by atoms with Crippen LogP contribution in [0.1, 0.15) is 0 Å². The monoisotopic (exact) mass is 346 g/mol. The van der Waals surface area contributed by atoms with Gasteiger partial charge in [-0.3, -0.25) is 0 Å². The minimum absolute atomic E-state index is 0.907. The average Bonchev–Trinajstić information content (AvgIpc) is 2.89. The molecule has 2 nitrogen and oxygen atoms in total. The Morgan fingerprint density at radius 2 is 1.67 bits per heavy atom. The van der Waals surface area contributed by atoms with Gasteiger partial charge in [0.1, 0.15) is 5.82 Å². The summed E-state index contributed by atoms with van der Waals surface area (Å²) in [4.78, 5) is 7.86. The zero-order chi connectivity index (χ0) is 12.4. The number of hydrogen-bond donors (Lipinski definition) is 1. The smallest absolute Gasteiger partial charge is 0.138 e. The lowest BCUT2D eigenvalue weighted by atomic mass is 10.2. The van der Waals surface area contributed by atoms with E-state index in [1.165, 1.54) is 3.57 Å². The molecule has 1 heterocycles. The topological polar surface area (TPSA) is 28.7 Å². The van der Waals surface area contributed by atoms with Crippen molar-refractivity contribution in [3.8, 4) is 22.6 Å². The van der Waals surface area contributed by atoms with Gasteiger partial charge in [-0.05, 0) is 34.7 Å². The first-order valence-electron chi connectivity index (χ1n) is 5.70. The molecule has 3 heteroatoms. The van der Waals surface area contributed by atoms with E-state index in [-0.39, 0.29) is 0 Å². The van der Waals surface area contributed by atoms with Crippen LogP contribution in [0.25, 0.3) is 22.6 Å². The standard InChI is InChI=1S/C15H11IN2/c16-13-8-4-7-12(9-13)14-10-17-15(18-14)11-5-2-1-3-6-11/h1-10H,(H,17,18). The molecule has 0 fully saturated rings. The van der Waals surface area contributed by atoms with Gasteiger partial charge in [-0.1, -0.05) is 42.5 Å². The van der Waals surface area contributed by atoms with Gasteiger partial charge in [-0.25, -0.2) is 4.98 Å². The SMILES string of the molecule is Ic1cccc(-c2c[nH]c(-c3ccccc3)n2)c1. The van der Waals surface area contributed by atoms with Gasteiger partial charge in [0.2, 0.25) is 0 Å². The summed E-state index contributed by atoms with van der Waals surface area (Å²) in [6.45, 7) is 0. The van der Waals surface area contributed by atoms with Crippen LogP contribution in [0.4, 0.5) is 0 Å². The zero-order valence-electron chi connectivity index (χ0n) is 9.60. The summed E-state index contributed by atoms with van der Waals surface area (Å²) in [5.74, 6) is 0.907. The van der Waals surface area contributed by atoms with Crippen LogP contribution in [0.2, 0.25) is 0 Å². The maximum atomic E-state index is 4.63. The van der Waals surface area contributed by atoms with Gasteiger partial charge in [0.25, 0.3) is 0 Å². The second-order valence-corrected chi connectivity index (χ2v) is 5.26. The Bertz CT molecular complexity index is 659. The highest BCUT2D eigenvalue weighted by Crippen LogP contribution is 2.23. The fourth-order valence-corrected chi connectivity index (χ4v) is 2.40. The molecule has 2 aromatic carbocycles. The predicted octanol–water partition coefficient (Wildman–Crippen LogP) is 4.35. The molecular formula is C15H11IN2. The summed E-state index contributed by atoms with van der Waals surface area (Å²) in [6, 6.07) is 18.5. The Labute approximate surface area is 119 Å². The van der Waals surface area contributed by atoms with Crippen LogP contribution >= 0.6 is 22.6 Å².